The molecule has 2 saturated heterocycles. The van der Waals surface area contributed by atoms with Gasteiger partial charge in [-0.05, 0) is 35.9 Å². The van der Waals surface area contributed by atoms with Gasteiger partial charge < -0.3 is 15.4 Å². The Kier molecular flexibility index (Phi) is 8.20. The lowest BCUT2D eigenvalue weighted by Gasteiger charge is -2.58. The Bertz CT molecular complexity index is 1100. The summed E-state index contributed by atoms with van der Waals surface area (Å²) in [5.41, 5.74) is 1.66. The molecule has 9 heteroatoms. The van der Waals surface area contributed by atoms with Crippen LogP contribution in [0.15, 0.2) is 53.9 Å². The fourth-order valence-electron chi connectivity index (χ4n) is 4.65. The topological polar surface area (TPSA) is 88.1 Å². The molecule has 0 radical (unpaired) electrons. The van der Waals surface area contributed by atoms with Gasteiger partial charge in [-0.25, -0.2) is 19.9 Å². The Morgan fingerprint density at radius 3 is 2.31 bits per heavy atom. The second-order valence-corrected chi connectivity index (χ2v) is 10.0. The molecule has 2 aliphatic rings. The monoisotopic (exact) mass is 493 g/mol. The van der Waals surface area contributed by atoms with Crippen LogP contribution in [0.3, 0.4) is 0 Å². The lowest BCUT2D eigenvalue weighted by atomic mass is 9.75. The van der Waals surface area contributed by atoms with E-state index in [1.165, 1.54) is 11.9 Å². The smallest absolute Gasteiger partial charge is 0.145 e. The average Bonchev–Trinajstić information content (AvgIpc) is 2.82. The fourth-order valence-corrected chi connectivity index (χ4v) is 5.16. The minimum atomic E-state index is 0.372. The van der Waals surface area contributed by atoms with Crippen LogP contribution in [-0.2, 0) is 4.74 Å². The van der Waals surface area contributed by atoms with Crippen LogP contribution in [0, 0.1) is 11.3 Å². The highest BCUT2D eigenvalue weighted by Crippen LogP contribution is 2.44. The fraction of sp³-hybridized carbons (Fsp3) is 0.462. The summed E-state index contributed by atoms with van der Waals surface area (Å²) in [4.78, 5) is 21.3. The molecule has 0 bridgehead atoms. The third-order valence-electron chi connectivity index (χ3n) is 6.21. The van der Waals surface area contributed by atoms with Crippen LogP contribution >= 0.6 is 11.8 Å². The Labute approximate surface area is 212 Å². The molecule has 1 unspecified atom stereocenters. The van der Waals surface area contributed by atoms with Crippen molar-refractivity contribution in [3.05, 3.63) is 54.6 Å². The Morgan fingerprint density at radius 1 is 0.971 bits per heavy atom. The number of likely N-dealkylation sites (tertiary alicyclic amines) is 1. The number of ether oxygens (including phenoxy) is 1. The van der Waals surface area contributed by atoms with Crippen LogP contribution in [0.4, 0.5) is 23.3 Å². The molecule has 0 saturated carbocycles. The Balaban J connectivity index is 0.00000141. The van der Waals surface area contributed by atoms with Crippen molar-refractivity contribution in [2.75, 3.05) is 43.2 Å². The van der Waals surface area contributed by atoms with E-state index in [0.29, 0.717) is 29.0 Å². The van der Waals surface area contributed by atoms with E-state index in [-0.39, 0.29) is 0 Å². The Hall–Kier alpha value is -2.75. The van der Waals surface area contributed by atoms with Crippen molar-refractivity contribution in [2.24, 2.45) is 11.3 Å². The molecule has 0 aromatic carbocycles. The predicted octanol–water partition coefficient (Wildman–Crippen LogP) is 5.53. The minimum Gasteiger partial charge on any atom is -0.380 e. The zero-order valence-corrected chi connectivity index (χ0v) is 22.0. The van der Waals surface area contributed by atoms with Gasteiger partial charge >= 0.3 is 0 Å². The molecule has 35 heavy (non-hydrogen) atoms. The molecule has 2 N–H and O–H groups in total. The maximum absolute atomic E-state index is 5.43. The van der Waals surface area contributed by atoms with Gasteiger partial charge in [0.1, 0.15) is 29.6 Å². The van der Waals surface area contributed by atoms with Gasteiger partial charge in [0.05, 0.1) is 13.2 Å². The van der Waals surface area contributed by atoms with Crippen LogP contribution in [-0.4, -0.2) is 57.4 Å². The highest BCUT2D eigenvalue weighted by Gasteiger charge is 2.51. The van der Waals surface area contributed by atoms with Crippen LogP contribution in [0.5, 0.6) is 0 Å². The predicted molar refractivity (Wildman–Crippen MR) is 143 cm³/mol. The van der Waals surface area contributed by atoms with Crippen molar-refractivity contribution < 1.29 is 4.74 Å². The molecule has 2 aliphatic heterocycles. The van der Waals surface area contributed by atoms with E-state index in [9.17, 15) is 0 Å². The van der Waals surface area contributed by atoms with Gasteiger partial charge in [0.25, 0.3) is 0 Å². The molecular weight excluding hydrogens is 458 g/mol. The maximum atomic E-state index is 5.43. The molecule has 0 amide bonds. The third kappa shape index (κ3) is 5.74. The summed E-state index contributed by atoms with van der Waals surface area (Å²) >= 11 is 1.64. The summed E-state index contributed by atoms with van der Waals surface area (Å²) in [5, 5.41) is 6.55. The van der Waals surface area contributed by atoms with Crippen molar-refractivity contribution in [3.8, 4) is 0 Å². The van der Waals surface area contributed by atoms with Crippen molar-refractivity contribution in [2.45, 2.75) is 38.6 Å². The van der Waals surface area contributed by atoms with E-state index in [4.69, 9.17) is 4.74 Å². The summed E-state index contributed by atoms with van der Waals surface area (Å²) in [5.74, 6) is 3.38. The lowest BCUT2D eigenvalue weighted by molar-refractivity contribution is -0.202. The van der Waals surface area contributed by atoms with Crippen molar-refractivity contribution >= 4 is 35.0 Å². The first-order valence-corrected chi connectivity index (χ1v) is 13.4. The van der Waals surface area contributed by atoms with Crippen LogP contribution < -0.4 is 10.6 Å². The molecule has 3 aromatic heterocycles. The van der Waals surface area contributed by atoms with Crippen molar-refractivity contribution in [1.82, 2.24) is 24.8 Å². The summed E-state index contributed by atoms with van der Waals surface area (Å²) in [6.45, 7) is 12.6. The number of hydrogen-bond acceptors (Lipinski definition) is 9. The average molecular weight is 494 g/mol. The number of thioether (sulfide) groups is 1. The second-order valence-electron chi connectivity index (χ2n) is 9.16. The van der Waals surface area contributed by atoms with E-state index in [0.717, 1.165) is 42.8 Å². The zero-order valence-electron chi connectivity index (χ0n) is 21.2. The van der Waals surface area contributed by atoms with Crippen LogP contribution in [0.25, 0.3) is 0 Å². The number of pyridine rings is 2. The minimum absolute atomic E-state index is 0.372. The van der Waals surface area contributed by atoms with Crippen molar-refractivity contribution in [1.29, 1.82) is 0 Å². The number of anilines is 4. The summed E-state index contributed by atoms with van der Waals surface area (Å²) in [6.07, 6.45) is 7.29. The van der Waals surface area contributed by atoms with E-state index in [1.807, 2.05) is 50.6 Å². The molecule has 2 fully saturated rings. The number of aromatic nitrogens is 4. The molecule has 186 valence electrons. The number of hydrogen-bond donors (Lipinski definition) is 2. The maximum Gasteiger partial charge on any atom is 0.145 e. The SMILES string of the molecule is CC.CSc1cccnc1Nc1cc(Nc2ccc(C(C(C)C)N3CC4(COC4)C3)cn2)ncn1. The highest BCUT2D eigenvalue weighted by molar-refractivity contribution is 7.98. The normalized spacial score (nSPS) is 17.1. The standard InChI is InChI=1S/C24H29N7OS.C2H6/c1-16(2)22(31-11-24(12-31)13-32-14-24)17-6-7-19(26-10-17)29-20-9-21(28-15-27-20)30-23-18(33-3)5-4-8-25-23;1-2/h4-10,15-16,22H,11-14H2,1-3H3,(H2,25,26,27,28,29,30);1-2H3. The van der Waals surface area contributed by atoms with Gasteiger partial charge in [0, 0.05) is 47.9 Å². The molecule has 0 aliphatic carbocycles. The molecule has 1 atom stereocenters. The first kappa shape index (κ1) is 25.3. The van der Waals surface area contributed by atoms with Gasteiger partial charge in [0.15, 0.2) is 0 Å². The molecular formula is C26H35N7OS. The van der Waals surface area contributed by atoms with Gasteiger partial charge in [-0.1, -0.05) is 33.8 Å². The number of nitrogens with one attached hydrogen (secondary N) is 2. The summed E-state index contributed by atoms with van der Waals surface area (Å²) in [6, 6.07) is 10.4. The first-order valence-electron chi connectivity index (χ1n) is 12.2. The van der Waals surface area contributed by atoms with E-state index < -0.39 is 0 Å². The van der Waals surface area contributed by atoms with E-state index in [1.54, 1.807) is 18.0 Å². The van der Waals surface area contributed by atoms with E-state index in [2.05, 4.69) is 55.4 Å². The van der Waals surface area contributed by atoms with Crippen molar-refractivity contribution in [3.63, 3.8) is 0 Å². The quantitative estimate of drug-likeness (QED) is 0.393. The molecule has 5 rings (SSSR count). The first-order chi connectivity index (χ1) is 17.0. The molecule has 3 aromatic rings. The van der Waals surface area contributed by atoms with Gasteiger partial charge in [-0.2, -0.15) is 0 Å². The van der Waals surface area contributed by atoms with E-state index >= 15 is 0 Å². The largest absolute Gasteiger partial charge is 0.380 e. The van der Waals surface area contributed by atoms with Gasteiger partial charge in [-0.3, -0.25) is 4.90 Å². The number of nitrogens with zero attached hydrogens (tertiary/aromatic N) is 5. The second kappa shape index (κ2) is 11.3. The summed E-state index contributed by atoms with van der Waals surface area (Å²) in [7, 11) is 0. The highest BCUT2D eigenvalue weighted by atomic mass is 32.2. The third-order valence-corrected chi connectivity index (χ3v) is 6.98. The summed E-state index contributed by atoms with van der Waals surface area (Å²) < 4.78 is 5.43. The number of rotatable bonds is 8. The van der Waals surface area contributed by atoms with Gasteiger partial charge in [0.2, 0.25) is 0 Å². The van der Waals surface area contributed by atoms with Gasteiger partial charge in [-0.15, -0.1) is 11.8 Å². The molecule has 5 heterocycles. The van der Waals surface area contributed by atoms with Crippen LogP contribution in [0.1, 0.15) is 39.3 Å². The zero-order chi connectivity index (χ0) is 24.8. The lowest BCUT2D eigenvalue weighted by Crippen LogP contribution is -2.66. The molecule has 1 spiro atoms. The van der Waals surface area contributed by atoms with Crippen LogP contribution in [0.2, 0.25) is 0 Å². The molecule has 8 nitrogen and oxygen atoms in total. The Morgan fingerprint density at radius 2 is 1.71 bits per heavy atom.